The number of nitrogens with one attached hydrogen (secondary N) is 1. The quantitative estimate of drug-likeness (QED) is 0.567. The number of carboxylic acid groups (broad SMARTS) is 1. The molecule has 27 heavy (non-hydrogen) atoms. The second-order valence-corrected chi connectivity index (χ2v) is 9.41. The van der Waals surface area contributed by atoms with Crippen LogP contribution in [0.3, 0.4) is 0 Å². The minimum atomic E-state index is -0.671. The average molecular weight is 389 g/mol. The van der Waals surface area contributed by atoms with Crippen molar-refractivity contribution >= 4 is 11.9 Å². The summed E-state index contributed by atoms with van der Waals surface area (Å²) >= 11 is 0. The van der Waals surface area contributed by atoms with Gasteiger partial charge in [0.05, 0.1) is 5.92 Å². The van der Waals surface area contributed by atoms with Crippen LogP contribution in [0.1, 0.15) is 94.9 Å². The van der Waals surface area contributed by atoms with Gasteiger partial charge in [-0.1, -0.05) is 69.2 Å². The Bertz CT molecular complexity index is 374. The van der Waals surface area contributed by atoms with E-state index in [2.05, 4.69) is 60.7 Å². The molecule has 0 aromatic rings. The number of aliphatic carboxylic acids is 1. The number of hydrogen-bond acceptors (Lipinski definition) is 3. The number of carboxylic acids is 1. The molecule has 0 heterocycles. The monoisotopic (exact) mass is 388 g/mol. The smallest absolute Gasteiger partial charge is 0.306 e. The van der Waals surface area contributed by atoms with E-state index in [9.17, 15) is 9.59 Å². The van der Waals surface area contributed by atoms with Crippen LogP contribution in [-0.4, -0.2) is 30.1 Å². The summed E-state index contributed by atoms with van der Waals surface area (Å²) in [5.74, 6) is -0.396. The van der Waals surface area contributed by atoms with Crippen molar-refractivity contribution in [2.75, 3.05) is 13.1 Å². The fourth-order valence-electron chi connectivity index (χ4n) is 1.79. The van der Waals surface area contributed by atoms with Crippen LogP contribution in [0.15, 0.2) is 0 Å². The number of carbonyl (C=O) groups excluding carboxylic acids is 1. The van der Waals surface area contributed by atoms with E-state index in [4.69, 9.17) is 10.8 Å². The van der Waals surface area contributed by atoms with Gasteiger partial charge in [-0.2, -0.15) is 0 Å². The lowest BCUT2D eigenvalue weighted by atomic mass is 9.96. The summed E-state index contributed by atoms with van der Waals surface area (Å²) in [7, 11) is 0. The first-order valence-corrected chi connectivity index (χ1v) is 10.4. The van der Waals surface area contributed by atoms with Crippen molar-refractivity contribution in [1.29, 1.82) is 0 Å². The molecule has 5 heteroatoms. The largest absolute Gasteiger partial charge is 0.481 e. The Morgan fingerprint density at radius 2 is 1.15 bits per heavy atom. The van der Waals surface area contributed by atoms with Crippen molar-refractivity contribution in [3.8, 4) is 0 Å². The zero-order chi connectivity index (χ0) is 22.3. The summed E-state index contributed by atoms with van der Waals surface area (Å²) in [4.78, 5) is 21.7. The van der Waals surface area contributed by atoms with Crippen LogP contribution in [0.2, 0.25) is 0 Å². The Labute approximate surface area is 168 Å². The molecule has 0 atom stereocenters. The number of amides is 1. The first-order chi connectivity index (χ1) is 12.2. The van der Waals surface area contributed by atoms with Gasteiger partial charge in [-0.15, -0.1) is 0 Å². The van der Waals surface area contributed by atoms with Crippen LogP contribution in [-0.2, 0) is 9.59 Å². The molecule has 0 aromatic carbocycles. The summed E-state index contributed by atoms with van der Waals surface area (Å²) in [6, 6.07) is 0. The van der Waals surface area contributed by atoms with Crippen LogP contribution in [0.25, 0.3) is 0 Å². The molecule has 1 amide bonds. The Balaban J connectivity index is -0.000000351. The first kappa shape index (κ1) is 30.6. The van der Waals surface area contributed by atoms with Gasteiger partial charge >= 0.3 is 5.97 Å². The molecule has 4 N–H and O–H groups in total. The molecule has 0 saturated carbocycles. The molecule has 0 fully saturated rings. The Morgan fingerprint density at radius 1 is 0.815 bits per heavy atom. The molecule has 5 nitrogen and oxygen atoms in total. The maximum absolute atomic E-state index is 11.5. The maximum Gasteiger partial charge on any atom is 0.306 e. The van der Waals surface area contributed by atoms with Crippen molar-refractivity contribution in [2.45, 2.75) is 94.9 Å². The predicted octanol–water partition coefficient (Wildman–Crippen LogP) is 5.08. The van der Waals surface area contributed by atoms with Crippen LogP contribution >= 0.6 is 0 Å². The minimum Gasteiger partial charge on any atom is -0.481 e. The highest BCUT2D eigenvalue weighted by atomic mass is 16.4. The zero-order valence-corrected chi connectivity index (χ0v) is 19.7. The molecule has 0 unspecified atom stereocenters. The molecule has 0 bridgehead atoms. The zero-order valence-electron chi connectivity index (χ0n) is 19.7. The summed E-state index contributed by atoms with van der Waals surface area (Å²) in [6.07, 6.45) is 3.36. The van der Waals surface area contributed by atoms with Gasteiger partial charge in [0.25, 0.3) is 0 Å². The van der Waals surface area contributed by atoms with Crippen LogP contribution in [0.5, 0.6) is 0 Å². The molecular formula is C22H48N2O3. The predicted molar refractivity (Wildman–Crippen MR) is 117 cm³/mol. The lowest BCUT2D eigenvalue weighted by Crippen LogP contribution is -2.36. The van der Waals surface area contributed by atoms with E-state index in [0.717, 1.165) is 38.8 Å². The maximum atomic E-state index is 11.5. The third kappa shape index (κ3) is 22.9. The van der Waals surface area contributed by atoms with E-state index < -0.39 is 5.97 Å². The van der Waals surface area contributed by atoms with Gasteiger partial charge in [-0.3, -0.25) is 9.59 Å². The van der Waals surface area contributed by atoms with E-state index in [1.54, 1.807) is 0 Å². The van der Waals surface area contributed by atoms with E-state index in [1.807, 2.05) is 13.8 Å². The highest BCUT2D eigenvalue weighted by Gasteiger charge is 2.17. The number of carbonyl (C=O) groups is 2. The molecular weight excluding hydrogens is 340 g/mol. The van der Waals surface area contributed by atoms with Gasteiger partial charge in [0.15, 0.2) is 0 Å². The SMILES string of the molecule is CC(C)(C)CN.CCC(CC)C(=O)NCC(C)(C)C.CCC(CC)C(=O)O. The molecule has 0 saturated heterocycles. The van der Waals surface area contributed by atoms with Gasteiger partial charge in [0.2, 0.25) is 5.91 Å². The molecule has 0 aliphatic rings. The fourth-order valence-corrected chi connectivity index (χ4v) is 1.79. The van der Waals surface area contributed by atoms with E-state index in [0.29, 0.717) is 5.41 Å². The Kier molecular flexibility index (Phi) is 18.0. The summed E-state index contributed by atoms with van der Waals surface area (Å²) in [6.45, 7) is 22.2. The van der Waals surface area contributed by atoms with Crippen molar-refractivity contribution in [1.82, 2.24) is 5.32 Å². The van der Waals surface area contributed by atoms with Crippen LogP contribution in [0.4, 0.5) is 0 Å². The molecule has 0 aliphatic carbocycles. The number of hydrogen-bond donors (Lipinski definition) is 3. The lowest BCUT2D eigenvalue weighted by Gasteiger charge is -2.21. The molecule has 164 valence electrons. The van der Waals surface area contributed by atoms with Crippen LogP contribution < -0.4 is 11.1 Å². The minimum absolute atomic E-state index is 0.130. The second-order valence-electron chi connectivity index (χ2n) is 9.41. The van der Waals surface area contributed by atoms with Gasteiger partial charge < -0.3 is 16.2 Å². The van der Waals surface area contributed by atoms with E-state index in [-0.39, 0.29) is 23.2 Å². The molecule has 0 spiro atoms. The highest BCUT2D eigenvalue weighted by molar-refractivity contribution is 5.78. The third-order valence-electron chi connectivity index (χ3n) is 4.10. The van der Waals surface area contributed by atoms with Gasteiger partial charge in [0.1, 0.15) is 0 Å². The molecule has 0 rings (SSSR count). The van der Waals surface area contributed by atoms with Crippen molar-refractivity contribution in [3.63, 3.8) is 0 Å². The highest BCUT2D eigenvalue weighted by Crippen LogP contribution is 2.12. The molecule has 0 aromatic heterocycles. The fraction of sp³-hybridized carbons (Fsp3) is 0.909. The summed E-state index contributed by atoms with van der Waals surface area (Å²) in [5.41, 5.74) is 5.81. The first-order valence-electron chi connectivity index (χ1n) is 10.4. The van der Waals surface area contributed by atoms with Crippen molar-refractivity contribution in [2.24, 2.45) is 28.4 Å². The van der Waals surface area contributed by atoms with Gasteiger partial charge in [-0.25, -0.2) is 0 Å². The third-order valence-corrected chi connectivity index (χ3v) is 4.10. The Morgan fingerprint density at radius 3 is 1.30 bits per heavy atom. The Hall–Kier alpha value is -1.10. The number of rotatable bonds is 7. The van der Waals surface area contributed by atoms with Crippen molar-refractivity contribution in [3.05, 3.63) is 0 Å². The normalized spacial score (nSPS) is 11.3. The molecule has 0 aliphatic heterocycles. The summed E-state index contributed by atoms with van der Waals surface area (Å²) < 4.78 is 0. The topological polar surface area (TPSA) is 92.4 Å². The second kappa shape index (κ2) is 15.9. The van der Waals surface area contributed by atoms with E-state index >= 15 is 0 Å². The van der Waals surface area contributed by atoms with Gasteiger partial charge in [0, 0.05) is 12.5 Å². The standard InChI is InChI=1S/C11H23NO.C6H12O2.C5H13N/c1-6-9(7-2)10(13)12-8-11(3,4)5;1-3-5(4-2)6(7)8;1-5(2,3)4-6/h9H,6-8H2,1-5H3,(H,12,13);5H,3-4H2,1-2H3,(H,7,8);4,6H2,1-3H3. The van der Waals surface area contributed by atoms with E-state index in [1.165, 1.54) is 0 Å². The molecule has 0 radical (unpaired) electrons. The lowest BCUT2D eigenvalue weighted by molar-refractivity contribution is -0.141. The average Bonchev–Trinajstić information content (AvgIpc) is 2.55. The summed E-state index contributed by atoms with van der Waals surface area (Å²) in [5, 5.41) is 11.4. The van der Waals surface area contributed by atoms with Gasteiger partial charge in [-0.05, 0) is 43.1 Å². The van der Waals surface area contributed by atoms with Crippen LogP contribution in [0, 0.1) is 22.7 Å². The number of nitrogens with two attached hydrogens (primary N) is 1. The van der Waals surface area contributed by atoms with Crippen molar-refractivity contribution < 1.29 is 14.7 Å².